The predicted octanol–water partition coefficient (Wildman–Crippen LogP) is 1.85. The van der Waals surface area contributed by atoms with Gasteiger partial charge in [-0.05, 0) is 49.2 Å². The molecule has 0 spiro atoms. The average Bonchev–Trinajstić information content (AvgIpc) is 3.63. The van der Waals surface area contributed by atoms with E-state index < -0.39 is 88.1 Å². The summed E-state index contributed by atoms with van der Waals surface area (Å²) >= 11 is 6.41. The van der Waals surface area contributed by atoms with Crippen molar-refractivity contribution >= 4 is 80.9 Å². The van der Waals surface area contributed by atoms with E-state index >= 15 is 0 Å². The van der Waals surface area contributed by atoms with Gasteiger partial charge in [-0.1, -0.05) is 5.16 Å². The largest absolute Gasteiger partial charge is 0.459 e. The Hall–Kier alpha value is -6.79. The maximum absolute atomic E-state index is 13.7. The van der Waals surface area contributed by atoms with Gasteiger partial charge in [-0.2, -0.15) is 0 Å². The Labute approximate surface area is 329 Å². The number of hydrogen-bond donors (Lipinski definition) is 3. The highest BCUT2D eigenvalue weighted by Gasteiger charge is 2.51. The van der Waals surface area contributed by atoms with Gasteiger partial charge in [-0.3, -0.25) is 39.4 Å². The van der Waals surface area contributed by atoms with E-state index in [9.17, 15) is 49.0 Å². The highest BCUT2D eigenvalue weighted by atomic mass is 35.5. The van der Waals surface area contributed by atoms with Gasteiger partial charge in [0.1, 0.15) is 43.5 Å². The molecule has 3 aromatic rings. The number of nitrogens with two attached hydrogens (primary N) is 1. The van der Waals surface area contributed by atoms with Crippen molar-refractivity contribution in [2.75, 3.05) is 24.4 Å². The first kappa shape index (κ1) is 42.9. The lowest BCUT2D eigenvalue weighted by Crippen LogP contribution is -2.72. The number of alkyl halides is 1. The third-order valence-corrected chi connectivity index (χ3v) is 8.42. The molecule has 1 aliphatic heterocycles. The summed E-state index contributed by atoms with van der Waals surface area (Å²) in [5.41, 5.74) is 2.92. The number of amides is 4. The molecule has 0 bridgehead atoms. The topological polar surface area (TPSA) is 313 Å². The first-order valence-electron chi connectivity index (χ1n) is 16.1. The lowest BCUT2D eigenvalue weighted by molar-refractivity contribution is -0.385. The number of thiazole rings is 1. The standard InChI is InChI=1S/C32H31ClN8O15S/c1-32(2,29(46)53-13-18-5-9-20(10-6-18)41(50)51)56-38-25(21-16-57-31(35-21)36-23(42)11-33)27(44)37-26-22(14-54-30(34)47)39(28(26)45)55-15-24(43)52-12-17-3-7-19(8-4-17)40(48)49/h3-10,16,22,26H,11-15H2,1-2H3,(H2,34,47)(H,37,44)(H,35,36,42). The molecule has 0 saturated carbocycles. The van der Waals surface area contributed by atoms with E-state index in [1.807, 2.05) is 0 Å². The van der Waals surface area contributed by atoms with E-state index in [1.165, 1.54) is 67.8 Å². The van der Waals surface area contributed by atoms with Gasteiger partial charge >= 0.3 is 18.0 Å². The lowest BCUT2D eigenvalue weighted by atomic mass is 9.98. The third kappa shape index (κ3) is 11.8. The van der Waals surface area contributed by atoms with Gasteiger partial charge < -0.3 is 35.4 Å². The molecule has 2 unspecified atom stereocenters. The number of anilines is 1. The second kappa shape index (κ2) is 19.2. The Morgan fingerprint density at radius 1 is 0.965 bits per heavy atom. The van der Waals surface area contributed by atoms with Gasteiger partial charge in [0, 0.05) is 29.6 Å². The monoisotopic (exact) mass is 834 g/mol. The number of nitrogens with one attached hydrogen (secondary N) is 2. The molecule has 2 aromatic carbocycles. The van der Waals surface area contributed by atoms with Crippen LogP contribution < -0.4 is 16.4 Å². The number of rotatable bonds is 19. The van der Waals surface area contributed by atoms with Crippen LogP contribution in [-0.4, -0.2) is 98.1 Å². The summed E-state index contributed by atoms with van der Waals surface area (Å²) in [5, 5.41) is 32.3. The second-order valence-corrected chi connectivity index (χ2v) is 13.1. The van der Waals surface area contributed by atoms with Gasteiger partial charge in [-0.15, -0.1) is 22.9 Å². The highest BCUT2D eigenvalue weighted by molar-refractivity contribution is 7.14. The van der Waals surface area contributed by atoms with Crippen LogP contribution in [0.25, 0.3) is 0 Å². The zero-order valence-electron chi connectivity index (χ0n) is 29.6. The molecule has 1 aromatic heterocycles. The fourth-order valence-electron chi connectivity index (χ4n) is 4.45. The van der Waals surface area contributed by atoms with Gasteiger partial charge in [0.15, 0.2) is 17.5 Å². The van der Waals surface area contributed by atoms with Crippen LogP contribution >= 0.6 is 22.9 Å². The number of β-lactam (4-membered cyclic amide) rings is 1. The Kier molecular flexibility index (Phi) is 14.5. The molecular weight excluding hydrogens is 804 g/mol. The van der Waals surface area contributed by atoms with Crippen molar-refractivity contribution in [3.8, 4) is 0 Å². The Bertz CT molecular complexity index is 2060. The summed E-state index contributed by atoms with van der Waals surface area (Å²) in [6, 6.07) is 7.66. The first-order chi connectivity index (χ1) is 27.0. The lowest BCUT2D eigenvalue weighted by Gasteiger charge is -2.44. The number of esters is 2. The number of nitro groups is 2. The fraction of sp³-hybridized carbons (Fsp3) is 0.312. The van der Waals surface area contributed by atoms with Gasteiger partial charge in [-0.25, -0.2) is 24.4 Å². The maximum atomic E-state index is 13.7. The van der Waals surface area contributed by atoms with Crippen molar-refractivity contribution in [2.24, 2.45) is 10.9 Å². The minimum atomic E-state index is -1.86. The summed E-state index contributed by atoms with van der Waals surface area (Å²) in [5.74, 6) is -4.99. The number of aromatic nitrogens is 1. The van der Waals surface area contributed by atoms with Crippen molar-refractivity contribution in [1.29, 1.82) is 0 Å². The molecule has 302 valence electrons. The minimum Gasteiger partial charge on any atom is -0.459 e. The number of nitrogens with zero attached hydrogens (tertiary/aromatic N) is 5. The molecule has 1 fully saturated rings. The molecule has 0 aliphatic carbocycles. The molecule has 0 radical (unpaired) electrons. The van der Waals surface area contributed by atoms with E-state index in [2.05, 4.69) is 20.8 Å². The third-order valence-electron chi connectivity index (χ3n) is 7.42. The number of nitro benzene ring substituents is 2. The first-order valence-corrected chi connectivity index (χ1v) is 17.5. The predicted molar refractivity (Wildman–Crippen MR) is 193 cm³/mol. The molecule has 57 heavy (non-hydrogen) atoms. The Balaban J connectivity index is 1.46. The zero-order chi connectivity index (χ0) is 41.9. The number of hydroxylamine groups is 2. The minimum absolute atomic E-state index is 0.00888. The zero-order valence-corrected chi connectivity index (χ0v) is 31.2. The smallest absolute Gasteiger partial charge is 0.404 e. The van der Waals surface area contributed by atoms with Crippen LogP contribution in [0.15, 0.2) is 59.1 Å². The number of halogens is 1. The van der Waals surface area contributed by atoms with E-state index in [4.69, 9.17) is 41.2 Å². The molecule has 4 amide bonds. The number of carbonyl (C=O) groups is 6. The van der Waals surface area contributed by atoms with Gasteiger partial charge in [0.2, 0.25) is 11.5 Å². The molecule has 1 saturated heterocycles. The summed E-state index contributed by atoms with van der Waals surface area (Å²) in [6.07, 6.45) is -1.24. The highest BCUT2D eigenvalue weighted by Crippen LogP contribution is 2.24. The summed E-state index contributed by atoms with van der Waals surface area (Å²) in [7, 11) is 0. The van der Waals surface area contributed by atoms with E-state index in [0.717, 1.165) is 11.3 Å². The van der Waals surface area contributed by atoms with Crippen LogP contribution in [-0.2, 0) is 61.1 Å². The molecule has 1 aliphatic rings. The van der Waals surface area contributed by atoms with Crippen molar-refractivity contribution in [3.63, 3.8) is 0 Å². The fourth-order valence-corrected chi connectivity index (χ4v) is 5.23. The summed E-state index contributed by atoms with van der Waals surface area (Å²) < 4.78 is 15.2. The van der Waals surface area contributed by atoms with Crippen LogP contribution in [0.5, 0.6) is 0 Å². The van der Waals surface area contributed by atoms with Crippen LogP contribution in [0, 0.1) is 20.2 Å². The average molecular weight is 835 g/mol. The van der Waals surface area contributed by atoms with Crippen LogP contribution in [0.3, 0.4) is 0 Å². The molecule has 4 rings (SSSR count). The van der Waals surface area contributed by atoms with Crippen molar-refractivity contribution in [2.45, 2.75) is 44.7 Å². The van der Waals surface area contributed by atoms with Gasteiger partial charge in [0.25, 0.3) is 23.2 Å². The van der Waals surface area contributed by atoms with E-state index in [-0.39, 0.29) is 35.4 Å². The van der Waals surface area contributed by atoms with Crippen molar-refractivity contribution < 1.29 is 62.5 Å². The number of oxime groups is 1. The molecule has 2 heterocycles. The molecular formula is C32H31ClN8O15S. The van der Waals surface area contributed by atoms with Crippen LogP contribution in [0.4, 0.5) is 21.3 Å². The molecule has 25 heteroatoms. The number of non-ortho nitro benzene ring substituents is 2. The SMILES string of the molecule is CC(C)(ON=C(C(=O)NC1C(=O)N(OCC(=O)OCc2ccc([N+](=O)[O-])cc2)C1COC(N)=O)c1csc(NC(=O)CCl)n1)C(=O)OCc1ccc([N+](=O)[O-])cc1. The summed E-state index contributed by atoms with van der Waals surface area (Å²) in [4.78, 5) is 111. The number of primary amides is 1. The quantitative estimate of drug-likeness (QED) is 0.0295. The second-order valence-electron chi connectivity index (χ2n) is 11.9. The van der Waals surface area contributed by atoms with Gasteiger partial charge in [0.05, 0.1) is 9.85 Å². The Morgan fingerprint density at radius 3 is 2.09 bits per heavy atom. The van der Waals surface area contributed by atoms with Crippen molar-refractivity contribution in [1.82, 2.24) is 15.4 Å². The van der Waals surface area contributed by atoms with Crippen LogP contribution in [0.1, 0.15) is 30.7 Å². The van der Waals surface area contributed by atoms with Crippen LogP contribution in [0.2, 0.25) is 0 Å². The Morgan fingerprint density at radius 2 is 1.54 bits per heavy atom. The van der Waals surface area contributed by atoms with E-state index in [0.29, 0.717) is 16.2 Å². The number of benzene rings is 2. The molecule has 2 atom stereocenters. The number of carbonyl (C=O) groups excluding carboxylic acids is 6. The number of hydrogen-bond acceptors (Lipinski definition) is 18. The molecule has 23 nitrogen and oxygen atoms in total. The van der Waals surface area contributed by atoms with Crippen molar-refractivity contribution in [3.05, 3.63) is 91.0 Å². The maximum Gasteiger partial charge on any atom is 0.404 e. The molecule has 4 N–H and O–H groups in total. The van der Waals surface area contributed by atoms with E-state index in [1.54, 1.807) is 0 Å². The summed E-state index contributed by atoms with van der Waals surface area (Å²) in [6.45, 7) is 0.495. The number of ether oxygens (including phenoxy) is 3. The normalized spacial score (nSPS) is 15.1.